The van der Waals surface area contributed by atoms with Crippen LogP contribution in [-0.2, 0) is 11.3 Å². The molecule has 1 aliphatic heterocycles. The number of hydrogen-bond acceptors (Lipinski definition) is 3. The molecule has 1 atom stereocenters. The molecule has 0 unspecified atom stereocenters. The Hall–Kier alpha value is -2.33. The van der Waals surface area contributed by atoms with Gasteiger partial charge >= 0.3 is 6.09 Å². The lowest BCUT2D eigenvalue weighted by Crippen LogP contribution is -2.36. The average Bonchev–Trinajstić information content (AvgIpc) is 2.73. The van der Waals surface area contributed by atoms with Crippen LogP contribution in [0.3, 0.4) is 0 Å². The second-order valence-corrected chi connectivity index (χ2v) is 7.58. The first kappa shape index (κ1) is 17.5. The largest absolute Gasteiger partial charge is 0.444 e. The maximum atomic E-state index is 12.4. The average molecular weight is 338 g/mol. The van der Waals surface area contributed by atoms with Gasteiger partial charge in [0.1, 0.15) is 5.60 Å². The van der Waals surface area contributed by atoms with Crippen LogP contribution >= 0.6 is 0 Å². The van der Waals surface area contributed by atoms with Gasteiger partial charge in [0.05, 0.1) is 0 Å². The van der Waals surface area contributed by atoms with Crippen LogP contribution in [0.2, 0.25) is 0 Å². The van der Waals surface area contributed by atoms with Crippen LogP contribution < -0.4 is 5.73 Å². The van der Waals surface area contributed by atoms with Crippen molar-refractivity contribution in [2.45, 2.75) is 45.4 Å². The third-order valence-electron chi connectivity index (χ3n) is 4.38. The van der Waals surface area contributed by atoms with Crippen molar-refractivity contribution in [3.8, 4) is 11.1 Å². The molecule has 0 radical (unpaired) electrons. The zero-order chi connectivity index (χ0) is 18.0. The van der Waals surface area contributed by atoms with Gasteiger partial charge in [-0.15, -0.1) is 0 Å². The second-order valence-electron chi connectivity index (χ2n) is 7.58. The number of nitrogens with zero attached hydrogens (tertiary/aromatic N) is 1. The van der Waals surface area contributed by atoms with Crippen LogP contribution in [-0.4, -0.2) is 23.1 Å². The first-order valence-corrected chi connectivity index (χ1v) is 8.75. The molecule has 3 rings (SSSR count). The highest BCUT2D eigenvalue weighted by Crippen LogP contribution is 2.30. The topological polar surface area (TPSA) is 55.6 Å². The van der Waals surface area contributed by atoms with E-state index in [0.717, 1.165) is 23.1 Å². The summed E-state index contributed by atoms with van der Waals surface area (Å²) in [6, 6.07) is 16.5. The van der Waals surface area contributed by atoms with E-state index >= 15 is 0 Å². The summed E-state index contributed by atoms with van der Waals surface area (Å²) in [5.74, 6) is 0. The maximum absolute atomic E-state index is 12.4. The highest BCUT2D eigenvalue weighted by Gasteiger charge is 2.27. The van der Waals surface area contributed by atoms with Crippen molar-refractivity contribution in [1.82, 2.24) is 4.90 Å². The van der Waals surface area contributed by atoms with Crippen molar-refractivity contribution < 1.29 is 9.53 Å². The van der Waals surface area contributed by atoms with Gasteiger partial charge in [0.25, 0.3) is 0 Å². The van der Waals surface area contributed by atoms with Gasteiger partial charge in [0.15, 0.2) is 0 Å². The summed E-state index contributed by atoms with van der Waals surface area (Å²) in [5.41, 5.74) is 10.4. The summed E-state index contributed by atoms with van der Waals surface area (Å²) in [6.07, 6.45) is 0.449. The van der Waals surface area contributed by atoms with E-state index in [1.165, 1.54) is 5.56 Å². The Morgan fingerprint density at radius 2 is 1.84 bits per heavy atom. The predicted octanol–water partition coefficient (Wildman–Crippen LogP) is 4.49. The monoisotopic (exact) mass is 338 g/mol. The molecule has 0 aliphatic carbocycles. The summed E-state index contributed by atoms with van der Waals surface area (Å²) < 4.78 is 5.52. The Morgan fingerprint density at radius 3 is 2.52 bits per heavy atom. The highest BCUT2D eigenvalue weighted by molar-refractivity contribution is 5.69. The summed E-state index contributed by atoms with van der Waals surface area (Å²) in [7, 11) is 0. The minimum Gasteiger partial charge on any atom is -0.444 e. The lowest BCUT2D eigenvalue weighted by Gasteiger charge is -2.26. The first-order chi connectivity index (χ1) is 11.8. The van der Waals surface area contributed by atoms with Crippen LogP contribution in [0, 0.1) is 0 Å². The van der Waals surface area contributed by atoms with E-state index in [-0.39, 0.29) is 12.1 Å². The third-order valence-corrected chi connectivity index (χ3v) is 4.38. The van der Waals surface area contributed by atoms with Crippen LogP contribution in [0.4, 0.5) is 4.79 Å². The molecule has 0 bridgehead atoms. The molecule has 0 aromatic heterocycles. The van der Waals surface area contributed by atoms with Gasteiger partial charge in [-0.1, -0.05) is 42.5 Å². The minimum atomic E-state index is -0.495. The molecule has 0 saturated carbocycles. The molecule has 4 nitrogen and oxygen atoms in total. The molecule has 2 aromatic rings. The third kappa shape index (κ3) is 4.20. The molecule has 1 heterocycles. The number of rotatable bonds is 1. The molecular formula is C21H26N2O2. The summed E-state index contributed by atoms with van der Waals surface area (Å²) >= 11 is 0. The number of ether oxygens (including phenoxy) is 1. The van der Waals surface area contributed by atoms with Gasteiger partial charge in [-0.05, 0) is 55.5 Å². The van der Waals surface area contributed by atoms with Crippen molar-refractivity contribution >= 4 is 6.09 Å². The quantitative estimate of drug-likeness (QED) is 0.833. The molecular weight excluding hydrogens is 312 g/mol. The Morgan fingerprint density at radius 1 is 1.12 bits per heavy atom. The molecule has 25 heavy (non-hydrogen) atoms. The summed E-state index contributed by atoms with van der Waals surface area (Å²) in [6.45, 7) is 6.79. The first-order valence-electron chi connectivity index (χ1n) is 8.75. The number of carbonyl (C=O) groups excluding carboxylic acids is 1. The van der Waals surface area contributed by atoms with Crippen molar-refractivity contribution in [3.05, 3.63) is 59.7 Å². The van der Waals surface area contributed by atoms with E-state index in [4.69, 9.17) is 10.5 Å². The molecule has 2 aromatic carbocycles. The van der Waals surface area contributed by atoms with Crippen molar-refractivity contribution in [2.24, 2.45) is 5.73 Å². The molecule has 2 N–H and O–H groups in total. The van der Waals surface area contributed by atoms with Gasteiger partial charge < -0.3 is 15.4 Å². The Balaban J connectivity index is 1.87. The fourth-order valence-electron chi connectivity index (χ4n) is 3.11. The lowest BCUT2D eigenvalue weighted by atomic mass is 9.95. The van der Waals surface area contributed by atoms with Crippen LogP contribution in [0.15, 0.2) is 48.5 Å². The van der Waals surface area contributed by atoms with Crippen molar-refractivity contribution in [3.63, 3.8) is 0 Å². The standard InChI is InChI=1S/C21H26N2O2/c1-21(2,3)25-20(24)23-12-11-19(22)18-13-16(9-10-17(18)14-23)15-7-5-4-6-8-15/h4-10,13,19H,11-12,14,22H2,1-3H3/t19-/m1/s1. The lowest BCUT2D eigenvalue weighted by molar-refractivity contribution is 0.0235. The van der Waals surface area contributed by atoms with Crippen LogP contribution in [0.25, 0.3) is 11.1 Å². The molecule has 132 valence electrons. The molecule has 0 spiro atoms. The number of nitrogens with two attached hydrogens (primary N) is 1. The second kappa shape index (κ2) is 6.89. The fraction of sp³-hybridized carbons (Fsp3) is 0.381. The number of hydrogen-bond donors (Lipinski definition) is 1. The van der Waals surface area contributed by atoms with E-state index in [2.05, 4.69) is 30.3 Å². The Labute approximate surface area is 149 Å². The number of amides is 1. The SMILES string of the molecule is CC(C)(C)OC(=O)N1CC[C@@H](N)c2cc(-c3ccccc3)ccc2C1. The van der Waals surface area contributed by atoms with Gasteiger partial charge in [-0.2, -0.15) is 0 Å². The van der Waals surface area contributed by atoms with E-state index in [1.807, 2.05) is 39.0 Å². The van der Waals surface area contributed by atoms with E-state index in [0.29, 0.717) is 13.1 Å². The molecule has 1 amide bonds. The summed E-state index contributed by atoms with van der Waals surface area (Å²) in [4.78, 5) is 14.2. The van der Waals surface area contributed by atoms with Gasteiger partial charge in [0, 0.05) is 19.1 Å². The normalized spacial score (nSPS) is 17.6. The number of fused-ring (bicyclic) bond motifs is 1. The van der Waals surface area contributed by atoms with E-state index in [1.54, 1.807) is 4.90 Å². The fourth-order valence-corrected chi connectivity index (χ4v) is 3.11. The highest BCUT2D eigenvalue weighted by atomic mass is 16.6. The zero-order valence-electron chi connectivity index (χ0n) is 15.2. The minimum absolute atomic E-state index is 0.0777. The van der Waals surface area contributed by atoms with Crippen LogP contribution in [0.5, 0.6) is 0 Å². The smallest absolute Gasteiger partial charge is 0.410 e. The van der Waals surface area contributed by atoms with Gasteiger partial charge in [-0.25, -0.2) is 4.79 Å². The van der Waals surface area contributed by atoms with Gasteiger partial charge in [0.2, 0.25) is 0 Å². The molecule has 0 fully saturated rings. The van der Waals surface area contributed by atoms with Gasteiger partial charge in [-0.3, -0.25) is 0 Å². The van der Waals surface area contributed by atoms with Crippen molar-refractivity contribution in [1.29, 1.82) is 0 Å². The zero-order valence-corrected chi connectivity index (χ0v) is 15.2. The van der Waals surface area contributed by atoms with E-state index in [9.17, 15) is 4.79 Å². The molecule has 1 aliphatic rings. The number of carbonyl (C=O) groups is 1. The van der Waals surface area contributed by atoms with Crippen LogP contribution in [0.1, 0.15) is 44.4 Å². The Kier molecular flexibility index (Phi) is 4.82. The van der Waals surface area contributed by atoms with Crippen molar-refractivity contribution in [2.75, 3.05) is 6.54 Å². The Bertz CT molecular complexity index is 750. The molecule has 0 saturated heterocycles. The summed E-state index contributed by atoms with van der Waals surface area (Å²) in [5, 5.41) is 0. The van der Waals surface area contributed by atoms with E-state index < -0.39 is 5.60 Å². The predicted molar refractivity (Wildman–Crippen MR) is 100 cm³/mol. The maximum Gasteiger partial charge on any atom is 0.410 e. The number of benzene rings is 2. The molecule has 4 heteroatoms.